The lowest BCUT2D eigenvalue weighted by molar-refractivity contribution is -0.155. The van der Waals surface area contributed by atoms with Crippen molar-refractivity contribution in [1.82, 2.24) is 29.6 Å². The van der Waals surface area contributed by atoms with Crippen LogP contribution in [0.1, 0.15) is 64.2 Å². The number of amides is 2. The second-order valence-corrected chi connectivity index (χ2v) is 18.7. The summed E-state index contributed by atoms with van der Waals surface area (Å²) in [5.74, 6) is -2.10. The Morgan fingerprint density at radius 3 is 2.60 bits per heavy atom. The monoisotopic (exact) mass is 816 g/mol. The number of carbonyl (C=O) groups excluding carboxylic acids is 3. The normalized spacial score (nSPS) is 19.6. The minimum atomic E-state index is -3.77. The molecular formula is C43H56N6O8S. The van der Waals surface area contributed by atoms with Gasteiger partial charge >= 0.3 is 5.97 Å². The number of likely N-dealkylation sites (N-methyl/N-ethyl adjacent to an activating group) is 1. The third-order valence-corrected chi connectivity index (χ3v) is 12.4. The van der Waals surface area contributed by atoms with E-state index in [-0.39, 0.29) is 25.3 Å². The summed E-state index contributed by atoms with van der Waals surface area (Å²) in [5, 5.41) is 16.3. The van der Waals surface area contributed by atoms with Gasteiger partial charge in [-0.15, -0.1) is 0 Å². The van der Waals surface area contributed by atoms with Gasteiger partial charge in [0.25, 0.3) is 5.91 Å². The SMILES string of the molecule is CCn1c(-c2cnccc2COC)c2c3cc(ccc31)-c1cc(O)cc(c1)C[C@H](NC(=O)[C@H](C(C)C)N(C)S(C)(=O)=O)C(=O)N1CCC[C@H](N1)C(=O)OCC(C)(C)C2. The smallest absolute Gasteiger partial charge is 0.324 e. The number of carbonyl (C=O) groups is 3. The lowest BCUT2D eigenvalue weighted by atomic mass is 9.84. The molecule has 2 aromatic carbocycles. The second-order valence-electron chi connectivity index (χ2n) is 16.7. The van der Waals surface area contributed by atoms with E-state index in [1.165, 1.54) is 12.1 Å². The zero-order chi connectivity index (χ0) is 42.1. The van der Waals surface area contributed by atoms with Crippen LogP contribution in [0.15, 0.2) is 54.9 Å². The highest BCUT2D eigenvalue weighted by atomic mass is 32.2. The van der Waals surface area contributed by atoms with Gasteiger partial charge in [-0.1, -0.05) is 39.8 Å². The van der Waals surface area contributed by atoms with Gasteiger partial charge in [0, 0.05) is 67.9 Å². The number of methoxy groups -OCH3 is 1. The van der Waals surface area contributed by atoms with Crippen LogP contribution < -0.4 is 10.7 Å². The van der Waals surface area contributed by atoms with E-state index in [9.17, 15) is 27.9 Å². The zero-order valence-corrected chi connectivity index (χ0v) is 35.5. The van der Waals surface area contributed by atoms with Gasteiger partial charge < -0.3 is 24.5 Å². The van der Waals surface area contributed by atoms with Crippen LogP contribution in [0.25, 0.3) is 33.3 Å². The fraction of sp³-hybridized carbons (Fsp3) is 0.488. The number of nitrogens with zero attached hydrogens (tertiary/aromatic N) is 4. The van der Waals surface area contributed by atoms with E-state index in [0.717, 1.165) is 49.4 Å². The fourth-order valence-corrected chi connectivity index (χ4v) is 9.03. The maximum atomic E-state index is 14.4. The number of phenolic OH excluding ortho intramolecular Hbond substituents is 1. The van der Waals surface area contributed by atoms with Gasteiger partial charge in [-0.25, -0.2) is 13.8 Å². The van der Waals surface area contributed by atoms with Crippen molar-refractivity contribution in [2.75, 3.05) is 33.6 Å². The molecule has 6 rings (SSSR count). The van der Waals surface area contributed by atoms with Crippen molar-refractivity contribution in [3.63, 3.8) is 0 Å². The van der Waals surface area contributed by atoms with Gasteiger partial charge in [-0.05, 0) is 90.3 Å². The number of aromatic nitrogens is 2. The first-order valence-electron chi connectivity index (χ1n) is 19.8. The molecule has 15 heteroatoms. The highest BCUT2D eigenvalue weighted by Crippen LogP contribution is 2.41. The summed E-state index contributed by atoms with van der Waals surface area (Å²) >= 11 is 0. The molecule has 14 nitrogen and oxygen atoms in total. The van der Waals surface area contributed by atoms with E-state index >= 15 is 0 Å². The summed E-state index contributed by atoms with van der Waals surface area (Å²) < 4.78 is 40.1. The molecule has 0 unspecified atom stereocenters. The zero-order valence-electron chi connectivity index (χ0n) is 34.7. The lowest BCUT2D eigenvalue weighted by Gasteiger charge is -2.36. The third kappa shape index (κ3) is 9.07. The Morgan fingerprint density at radius 1 is 1.16 bits per heavy atom. The molecule has 58 heavy (non-hydrogen) atoms. The number of sulfonamides is 1. The quantitative estimate of drug-likeness (QED) is 0.199. The van der Waals surface area contributed by atoms with Crippen LogP contribution in [0.2, 0.25) is 0 Å². The number of fused-ring (bicyclic) bond motifs is 6. The highest BCUT2D eigenvalue weighted by Gasteiger charge is 2.38. The summed E-state index contributed by atoms with van der Waals surface area (Å²) in [7, 11) is -0.763. The van der Waals surface area contributed by atoms with E-state index in [2.05, 4.69) is 53.2 Å². The predicted octanol–water partition coefficient (Wildman–Crippen LogP) is 4.81. The summed E-state index contributed by atoms with van der Waals surface area (Å²) in [6, 6.07) is 10.1. The Morgan fingerprint density at radius 2 is 1.91 bits per heavy atom. The Kier molecular flexibility index (Phi) is 12.7. The number of hydrogen-bond acceptors (Lipinski definition) is 10. The molecule has 0 spiro atoms. The first-order valence-corrected chi connectivity index (χ1v) is 21.7. The van der Waals surface area contributed by atoms with Crippen LogP contribution in [0, 0.1) is 11.3 Å². The summed E-state index contributed by atoms with van der Waals surface area (Å²) in [4.78, 5) is 46.6. The van der Waals surface area contributed by atoms with Crippen LogP contribution in [-0.4, -0.2) is 102 Å². The van der Waals surface area contributed by atoms with E-state index in [1.54, 1.807) is 39.3 Å². The molecule has 1 fully saturated rings. The van der Waals surface area contributed by atoms with Crippen molar-refractivity contribution in [3.8, 4) is 28.1 Å². The molecule has 0 aliphatic carbocycles. The maximum absolute atomic E-state index is 14.4. The molecule has 3 N–H and O–H groups in total. The maximum Gasteiger partial charge on any atom is 0.324 e. The number of benzene rings is 2. The molecule has 4 aromatic rings. The molecule has 2 aromatic heterocycles. The Bertz CT molecular complexity index is 2300. The lowest BCUT2D eigenvalue weighted by Crippen LogP contribution is -2.62. The number of cyclic esters (lactones) is 1. The van der Waals surface area contributed by atoms with Crippen molar-refractivity contribution in [2.24, 2.45) is 11.3 Å². The molecule has 4 heterocycles. The number of rotatable bonds is 9. The minimum Gasteiger partial charge on any atom is -0.508 e. The number of nitrogens with one attached hydrogen (secondary N) is 2. The number of aryl methyl sites for hydroxylation is 1. The molecule has 6 bridgehead atoms. The Labute approximate surface area is 340 Å². The van der Waals surface area contributed by atoms with Gasteiger partial charge in [0.15, 0.2) is 0 Å². The average molecular weight is 817 g/mol. The second kappa shape index (κ2) is 17.2. The molecule has 0 saturated carbocycles. The number of esters is 1. The Hall–Kier alpha value is -4.83. The van der Waals surface area contributed by atoms with Crippen LogP contribution in [0.3, 0.4) is 0 Å². The topological polar surface area (TPSA) is 172 Å². The van der Waals surface area contributed by atoms with Gasteiger partial charge in [0.05, 0.1) is 25.2 Å². The van der Waals surface area contributed by atoms with E-state index in [0.29, 0.717) is 43.5 Å². The molecule has 2 aliphatic rings. The first-order chi connectivity index (χ1) is 27.4. The molecule has 312 valence electrons. The number of aromatic hydroxyl groups is 1. The van der Waals surface area contributed by atoms with Crippen LogP contribution in [0.4, 0.5) is 0 Å². The van der Waals surface area contributed by atoms with Gasteiger partial charge in [0.1, 0.15) is 23.9 Å². The van der Waals surface area contributed by atoms with Crippen LogP contribution >= 0.6 is 0 Å². The highest BCUT2D eigenvalue weighted by molar-refractivity contribution is 7.88. The minimum absolute atomic E-state index is 0.0250. The van der Waals surface area contributed by atoms with Gasteiger partial charge in [-0.3, -0.25) is 24.4 Å². The molecule has 3 atom stereocenters. The summed E-state index contributed by atoms with van der Waals surface area (Å²) in [5.41, 5.74) is 9.61. The molecule has 0 radical (unpaired) electrons. The van der Waals surface area contributed by atoms with Gasteiger partial charge in [0.2, 0.25) is 15.9 Å². The van der Waals surface area contributed by atoms with Crippen molar-refractivity contribution in [1.29, 1.82) is 0 Å². The number of ether oxygens (including phenoxy) is 2. The summed E-state index contributed by atoms with van der Waals surface area (Å²) in [6.45, 7) is 11.1. The molecule has 2 amide bonds. The van der Waals surface area contributed by atoms with E-state index < -0.39 is 57.3 Å². The summed E-state index contributed by atoms with van der Waals surface area (Å²) in [6.07, 6.45) is 6.10. The Balaban J connectivity index is 1.52. The predicted molar refractivity (Wildman–Crippen MR) is 222 cm³/mol. The van der Waals surface area contributed by atoms with Crippen LogP contribution in [-0.2, 0) is 59.9 Å². The fourth-order valence-electron chi connectivity index (χ4n) is 8.28. The van der Waals surface area contributed by atoms with Crippen LogP contribution in [0.5, 0.6) is 5.75 Å². The first kappa shape index (κ1) is 42.8. The van der Waals surface area contributed by atoms with Crippen molar-refractivity contribution < 1.29 is 37.4 Å². The van der Waals surface area contributed by atoms with Gasteiger partial charge in [-0.2, -0.15) is 4.31 Å². The number of hydrogen-bond donors (Lipinski definition) is 3. The largest absolute Gasteiger partial charge is 0.508 e. The van der Waals surface area contributed by atoms with E-state index in [4.69, 9.17) is 9.47 Å². The number of hydrazine groups is 1. The van der Waals surface area contributed by atoms with Crippen molar-refractivity contribution in [2.45, 2.75) is 91.6 Å². The third-order valence-electron chi connectivity index (χ3n) is 11.1. The van der Waals surface area contributed by atoms with Crippen molar-refractivity contribution in [3.05, 3.63) is 71.5 Å². The molecule has 1 saturated heterocycles. The van der Waals surface area contributed by atoms with Crippen molar-refractivity contribution >= 4 is 38.7 Å². The van der Waals surface area contributed by atoms with E-state index in [1.807, 2.05) is 24.4 Å². The molecule has 2 aliphatic heterocycles. The number of phenols is 1. The number of pyridine rings is 1. The standard InChI is InChI=1S/C43H56N6O8S/c1-9-48-37-13-12-28-21-32(37)33(39(48)34-23-44-15-14-29(34)24-56-7)22-43(4,5)25-57-42(53)35-11-10-16-49(46-35)41(52)36(19-27-17-30(28)20-31(50)18-27)45-40(51)38(26(2)3)47(6)58(8,54)55/h12-15,17-18,20-21,23,26,35-36,38,46,50H,9-11,16,19,22,24-25H2,1-8H3,(H,45,51)/t35-,36-,38-/m0/s1. The molecular weight excluding hydrogens is 761 g/mol. The average Bonchev–Trinajstić information content (AvgIpc) is 3.47.